The Morgan fingerprint density at radius 1 is 1.50 bits per heavy atom. The van der Waals surface area contributed by atoms with Crippen molar-refractivity contribution in [2.75, 3.05) is 11.5 Å². The van der Waals surface area contributed by atoms with Crippen molar-refractivity contribution >= 4 is 9.84 Å². The van der Waals surface area contributed by atoms with Gasteiger partial charge < -0.3 is 5.73 Å². The molecule has 0 aromatic rings. The molecule has 1 fully saturated rings. The van der Waals surface area contributed by atoms with Crippen molar-refractivity contribution < 1.29 is 17.2 Å². The number of alkyl halides is 2. The Bertz CT molecular complexity index is 297. The molecule has 0 aromatic heterocycles. The standard InChI is InChI=1S/C8H15F2NO2S/c1-8(9,10)4-6-2-3-14(12,13)5-7(6)11/h6-7H,2-5,11H2,1H3. The van der Waals surface area contributed by atoms with Gasteiger partial charge in [0, 0.05) is 12.5 Å². The van der Waals surface area contributed by atoms with Crippen LogP contribution in [-0.4, -0.2) is 31.9 Å². The van der Waals surface area contributed by atoms with Gasteiger partial charge in [-0.05, 0) is 19.3 Å². The summed E-state index contributed by atoms with van der Waals surface area (Å²) in [5.74, 6) is -3.31. The van der Waals surface area contributed by atoms with Crippen LogP contribution in [0.4, 0.5) is 8.78 Å². The summed E-state index contributed by atoms with van der Waals surface area (Å²) in [5, 5.41) is 0. The van der Waals surface area contributed by atoms with Gasteiger partial charge in [0.05, 0.1) is 11.5 Å². The highest BCUT2D eigenvalue weighted by molar-refractivity contribution is 7.91. The van der Waals surface area contributed by atoms with Gasteiger partial charge >= 0.3 is 0 Å². The molecule has 1 aliphatic heterocycles. The van der Waals surface area contributed by atoms with Gasteiger partial charge in [-0.2, -0.15) is 0 Å². The van der Waals surface area contributed by atoms with Crippen molar-refractivity contribution in [3.05, 3.63) is 0 Å². The predicted molar refractivity (Wildman–Crippen MR) is 50.0 cm³/mol. The molecule has 2 atom stereocenters. The van der Waals surface area contributed by atoms with Crippen molar-refractivity contribution in [2.24, 2.45) is 11.7 Å². The summed E-state index contributed by atoms with van der Waals surface area (Å²) in [6.45, 7) is 0.836. The highest BCUT2D eigenvalue weighted by atomic mass is 32.2. The van der Waals surface area contributed by atoms with Crippen LogP contribution in [0, 0.1) is 5.92 Å². The van der Waals surface area contributed by atoms with Crippen LogP contribution in [0.15, 0.2) is 0 Å². The topological polar surface area (TPSA) is 60.2 Å². The molecule has 2 N–H and O–H groups in total. The van der Waals surface area contributed by atoms with E-state index in [2.05, 4.69) is 0 Å². The van der Waals surface area contributed by atoms with Crippen LogP contribution in [0.1, 0.15) is 19.8 Å². The molecular formula is C8H15F2NO2S. The lowest BCUT2D eigenvalue weighted by Crippen LogP contribution is -2.44. The van der Waals surface area contributed by atoms with Crippen molar-refractivity contribution in [1.29, 1.82) is 0 Å². The van der Waals surface area contributed by atoms with Gasteiger partial charge in [-0.3, -0.25) is 0 Å². The zero-order chi connectivity index (χ0) is 11.0. The molecule has 3 nitrogen and oxygen atoms in total. The van der Waals surface area contributed by atoms with Gasteiger partial charge in [-0.15, -0.1) is 0 Å². The molecule has 1 heterocycles. The van der Waals surface area contributed by atoms with E-state index < -0.39 is 21.8 Å². The Labute approximate surface area is 82.6 Å². The number of halogens is 2. The SMILES string of the molecule is CC(F)(F)CC1CCS(=O)(=O)CC1N. The second kappa shape index (κ2) is 3.73. The van der Waals surface area contributed by atoms with Crippen LogP contribution in [0.3, 0.4) is 0 Å². The van der Waals surface area contributed by atoms with Crippen molar-refractivity contribution in [2.45, 2.75) is 31.7 Å². The Kier molecular flexibility index (Phi) is 3.16. The van der Waals surface area contributed by atoms with Crippen LogP contribution in [0.5, 0.6) is 0 Å². The summed E-state index contributed by atoms with van der Waals surface area (Å²) < 4.78 is 47.5. The van der Waals surface area contributed by atoms with E-state index in [0.29, 0.717) is 0 Å². The van der Waals surface area contributed by atoms with E-state index in [0.717, 1.165) is 6.92 Å². The zero-order valence-electron chi connectivity index (χ0n) is 8.04. The van der Waals surface area contributed by atoms with Gasteiger partial charge in [-0.25, -0.2) is 17.2 Å². The molecule has 1 aliphatic rings. The number of hydrogen-bond acceptors (Lipinski definition) is 3. The smallest absolute Gasteiger partial charge is 0.245 e. The third-order valence-electron chi connectivity index (χ3n) is 2.47. The molecule has 0 aromatic carbocycles. The summed E-state index contributed by atoms with van der Waals surface area (Å²) in [6.07, 6.45) is -0.0589. The van der Waals surface area contributed by atoms with E-state index in [9.17, 15) is 17.2 Å². The minimum absolute atomic E-state index is 0.0125. The van der Waals surface area contributed by atoms with Crippen molar-refractivity contribution in [3.8, 4) is 0 Å². The first kappa shape index (κ1) is 11.8. The first-order valence-electron chi connectivity index (χ1n) is 4.53. The second-order valence-corrected chi connectivity index (χ2v) is 6.33. The Balaban J connectivity index is 2.59. The fraction of sp³-hybridized carbons (Fsp3) is 1.00. The maximum absolute atomic E-state index is 12.7. The van der Waals surface area contributed by atoms with E-state index in [-0.39, 0.29) is 30.3 Å². The number of sulfone groups is 1. The predicted octanol–water partition coefficient (Wildman–Crippen LogP) is 0.794. The fourth-order valence-electron chi connectivity index (χ4n) is 1.77. The molecule has 84 valence electrons. The lowest BCUT2D eigenvalue weighted by Gasteiger charge is -2.30. The molecule has 6 heteroatoms. The number of nitrogens with two attached hydrogens (primary N) is 1. The van der Waals surface area contributed by atoms with E-state index in [1.807, 2.05) is 0 Å². The van der Waals surface area contributed by atoms with Crippen LogP contribution >= 0.6 is 0 Å². The van der Waals surface area contributed by atoms with E-state index in [1.165, 1.54) is 0 Å². The Morgan fingerprint density at radius 2 is 2.07 bits per heavy atom. The molecule has 0 bridgehead atoms. The molecule has 0 spiro atoms. The van der Waals surface area contributed by atoms with Crippen LogP contribution < -0.4 is 5.73 Å². The summed E-state index contributed by atoms with van der Waals surface area (Å²) in [7, 11) is -3.09. The van der Waals surface area contributed by atoms with Gasteiger partial charge in [0.15, 0.2) is 9.84 Å². The third-order valence-corrected chi connectivity index (χ3v) is 4.22. The van der Waals surface area contributed by atoms with Crippen LogP contribution in [0.2, 0.25) is 0 Å². The van der Waals surface area contributed by atoms with Crippen LogP contribution in [0.25, 0.3) is 0 Å². The molecule has 1 rings (SSSR count). The average Bonchev–Trinajstić information content (AvgIpc) is 1.92. The molecular weight excluding hydrogens is 212 g/mol. The number of rotatable bonds is 2. The van der Waals surface area contributed by atoms with Gasteiger partial charge in [-0.1, -0.05) is 0 Å². The summed E-state index contributed by atoms with van der Waals surface area (Å²) in [4.78, 5) is 0. The zero-order valence-corrected chi connectivity index (χ0v) is 8.86. The monoisotopic (exact) mass is 227 g/mol. The highest BCUT2D eigenvalue weighted by Gasteiger charge is 2.36. The van der Waals surface area contributed by atoms with E-state index in [4.69, 9.17) is 5.73 Å². The molecule has 0 aliphatic carbocycles. The van der Waals surface area contributed by atoms with E-state index in [1.54, 1.807) is 0 Å². The molecule has 1 saturated heterocycles. The summed E-state index contributed by atoms with van der Waals surface area (Å²) in [5.41, 5.74) is 5.55. The normalized spacial score (nSPS) is 32.9. The first-order valence-corrected chi connectivity index (χ1v) is 6.35. The first-order chi connectivity index (χ1) is 6.20. The molecule has 0 saturated carbocycles. The Morgan fingerprint density at radius 3 is 2.50 bits per heavy atom. The minimum Gasteiger partial charge on any atom is -0.327 e. The molecule has 0 amide bonds. The summed E-state index contributed by atoms with van der Waals surface area (Å²) in [6, 6.07) is -0.639. The maximum atomic E-state index is 12.7. The fourth-order valence-corrected chi connectivity index (χ4v) is 3.46. The molecule has 14 heavy (non-hydrogen) atoms. The maximum Gasteiger partial charge on any atom is 0.245 e. The lowest BCUT2D eigenvalue weighted by molar-refractivity contribution is -0.00722. The quantitative estimate of drug-likeness (QED) is 0.758. The third kappa shape index (κ3) is 3.49. The van der Waals surface area contributed by atoms with Gasteiger partial charge in [0.1, 0.15) is 0 Å². The van der Waals surface area contributed by atoms with Crippen molar-refractivity contribution in [1.82, 2.24) is 0 Å². The molecule has 2 unspecified atom stereocenters. The van der Waals surface area contributed by atoms with Gasteiger partial charge in [0.2, 0.25) is 5.92 Å². The highest BCUT2D eigenvalue weighted by Crippen LogP contribution is 2.29. The van der Waals surface area contributed by atoms with Crippen molar-refractivity contribution in [3.63, 3.8) is 0 Å². The largest absolute Gasteiger partial charge is 0.327 e. The van der Waals surface area contributed by atoms with Crippen LogP contribution in [-0.2, 0) is 9.84 Å². The van der Waals surface area contributed by atoms with E-state index >= 15 is 0 Å². The summed E-state index contributed by atoms with van der Waals surface area (Å²) >= 11 is 0. The Hall–Kier alpha value is -0.230. The van der Waals surface area contributed by atoms with Gasteiger partial charge in [0.25, 0.3) is 0 Å². The molecule has 0 radical (unpaired) electrons. The number of hydrogen-bond donors (Lipinski definition) is 1. The lowest BCUT2D eigenvalue weighted by atomic mass is 9.92. The second-order valence-electron chi connectivity index (χ2n) is 4.10. The minimum atomic E-state index is -3.09. The average molecular weight is 227 g/mol.